The summed E-state index contributed by atoms with van der Waals surface area (Å²) in [5, 5.41) is 0. The van der Waals surface area contributed by atoms with E-state index in [-0.39, 0.29) is 0 Å². The highest BCUT2D eigenvalue weighted by Crippen LogP contribution is 2.44. The van der Waals surface area contributed by atoms with Gasteiger partial charge in [0.1, 0.15) is 0 Å². The molecule has 2 rings (SSSR count). The number of hydrogen-bond acceptors (Lipinski definition) is 2. The van der Waals surface area contributed by atoms with Crippen LogP contribution in [-0.2, 0) is 0 Å². The maximum absolute atomic E-state index is 6.29. The summed E-state index contributed by atoms with van der Waals surface area (Å²) in [4.78, 5) is 2.79. The number of likely N-dealkylation sites (tertiary alicyclic amines) is 1. The largest absolute Gasteiger partial charge is 0.329 e. The van der Waals surface area contributed by atoms with Crippen molar-refractivity contribution in [2.75, 3.05) is 19.6 Å². The van der Waals surface area contributed by atoms with Crippen LogP contribution >= 0.6 is 0 Å². The Morgan fingerprint density at radius 1 is 1.10 bits per heavy atom. The minimum Gasteiger partial charge on any atom is -0.329 e. The first-order chi connectivity index (χ1) is 9.38. The first-order valence-electron chi connectivity index (χ1n) is 8.84. The summed E-state index contributed by atoms with van der Waals surface area (Å²) < 4.78 is 0. The lowest BCUT2D eigenvalue weighted by atomic mass is 9.67. The Morgan fingerprint density at radius 2 is 1.85 bits per heavy atom. The van der Waals surface area contributed by atoms with Crippen molar-refractivity contribution in [3.05, 3.63) is 0 Å². The van der Waals surface area contributed by atoms with E-state index in [1.807, 2.05) is 0 Å². The Labute approximate surface area is 126 Å². The molecule has 1 heterocycles. The van der Waals surface area contributed by atoms with Crippen LogP contribution in [0.5, 0.6) is 0 Å². The molecule has 0 spiro atoms. The predicted molar refractivity (Wildman–Crippen MR) is 87.8 cm³/mol. The van der Waals surface area contributed by atoms with Crippen molar-refractivity contribution < 1.29 is 0 Å². The molecule has 0 aromatic heterocycles. The van der Waals surface area contributed by atoms with E-state index in [0.29, 0.717) is 11.0 Å². The topological polar surface area (TPSA) is 29.3 Å². The first-order valence-corrected chi connectivity index (χ1v) is 8.84. The SMILES string of the molecule is CC(C)C1CCCN(C2(CN)CCCC(C)(C)C2)CC1. The van der Waals surface area contributed by atoms with Gasteiger partial charge in [-0.15, -0.1) is 0 Å². The van der Waals surface area contributed by atoms with E-state index in [4.69, 9.17) is 5.73 Å². The highest BCUT2D eigenvalue weighted by Gasteiger charge is 2.43. The van der Waals surface area contributed by atoms with Gasteiger partial charge in [-0.1, -0.05) is 34.1 Å². The molecule has 2 heteroatoms. The Kier molecular flexibility index (Phi) is 5.18. The normalized spacial score (nSPS) is 36.0. The van der Waals surface area contributed by atoms with E-state index in [9.17, 15) is 0 Å². The lowest BCUT2D eigenvalue weighted by Gasteiger charge is -2.51. The van der Waals surface area contributed by atoms with E-state index in [1.165, 1.54) is 58.0 Å². The second kappa shape index (κ2) is 6.36. The molecule has 2 fully saturated rings. The maximum atomic E-state index is 6.29. The monoisotopic (exact) mass is 280 g/mol. The van der Waals surface area contributed by atoms with Crippen LogP contribution in [0, 0.1) is 17.3 Å². The lowest BCUT2D eigenvalue weighted by Crippen LogP contribution is -2.58. The zero-order valence-corrected chi connectivity index (χ0v) is 14.3. The molecular weight excluding hydrogens is 244 g/mol. The van der Waals surface area contributed by atoms with Crippen LogP contribution in [0.25, 0.3) is 0 Å². The summed E-state index contributed by atoms with van der Waals surface area (Å²) in [6.45, 7) is 13.1. The minimum atomic E-state index is 0.299. The molecule has 2 unspecified atom stereocenters. The van der Waals surface area contributed by atoms with Gasteiger partial charge < -0.3 is 5.73 Å². The van der Waals surface area contributed by atoms with Gasteiger partial charge in [0, 0.05) is 12.1 Å². The van der Waals surface area contributed by atoms with Gasteiger partial charge in [0.2, 0.25) is 0 Å². The molecular formula is C18H36N2. The molecule has 0 bridgehead atoms. The quantitative estimate of drug-likeness (QED) is 0.845. The molecule has 0 aromatic rings. The molecule has 1 saturated carbocycles. The fourth-order valence-corrected chi connectivity index (χ4v) is 4.80. The third kappa shape index (κ3) is 3.57. The van der Waals surface area contributed by atoms with Gasteiger partial charge in [-0.3, -0.25) is 4.90 Å². The van der Waals surface area contributed by atoms with Gasteiger partial charge in [0.05, 0.1) is 0 Å². The minimum absolute atomic E-state index is 0.299. The number of nitrogens with zero attached hydrogens (tertiary/aromatic N) is 1. The van der Waals surface area contributed by atoms with Crippen molar-refractivity contribution in [1.82, 2.24) is 4.90 Å². The van der Waals surface area contributed by atoms with Crippen molar-refractivity contribution >= 4 is 0 Å². The third-order valence-electron chi connectivity index (χ3n) is 6.07. The van der Waals surface area contributed by atoms with Crippen LogP contribution in [0.4, 0.5) is 0 Å². The molecule has 2 N–H and O–H groups in total. The Morgan fingerprint density at radius 3 is 2.45 bits per heavy atom. The van der Waals surface area contributed by atoms with Crippen molar-refractivity contribution in [3.63, 3.8) is 0 Å². The summed E-state index contributed by atoms with van der Waals surface area (Å²) in [7, 11) is 0. The molecule has 2 nitrogen and oxygen atoms in total. The summed E-state index contributed by atoms with van der Waals surface area (Å²) in [5.41, 5.74) is 7.07. The number of hydrogen-bond donors (Lipinski definition) is 1. The summed E-state index contributed by atoms with van der Waals surface area (Å²) in [6.07, 6.45) is 9.50. The average Bonchev–Trinajstić information content (AvgIpc) is 2.63. The van der Waals surface area contributed by atoms with Crippen LogP contribution in [0.3, 0.4) is 0 Å². The van der Waals surface area contributed by atoms with Crippen LogP contribution < -0.4 is 5.73 Å². The van der Waals surface area contributed by atoms with Crippen molar-refractivity contribution in [3.8, 4) is 0 Å². The molecule has 0 aromatic carbocycles. The Hall–Kier alpha value is -0.0800. The zero-order chi connectivity index (χ0) is 14.8. The molecule has 0 radical (unpaired) electrons. The maximum Gasteiger partial charge on any atom is 0.0336 e. The van der Waals surface area contributed by atoms with E-state index in [0.717, 1.165) is 18.4 Å². The smallest absolute Gasteiger partial charge is 0.0336 e. The standard InChI is InChI=1S/C18H36N2/c1-15(2)16-7-5-11-20(12-8-16)18(14-19)10-6-9-17(3,4)13-18/h15-16H,5-14,19H2,1-4H3. The van der Waals surface area contributed by atoms with Crippen molar-refractivity contribution in [1.29, 1.82) is 0 Å². The molecule has 2 atom stereocenters. The van der Waals surface area contributed by atoms with E-state index >= 15 is 0 Å². The van der Waals surface area contributed by atoms with Crippen LogP contribution in [-0.4, -0.2) is 30.1 Å². The fourth-order valence-electron chi connectivity index (χ4n) is 4.80. The van der Waals surface area contributed by atoms with E-state index < -0.39 is 0 Å². The molecule has 1 aliphatic carbocycles. The predicted octanol–water partition coefficient (Wildman–Crippen LogP) is 4.04. The molecule has 1 aliphatic heterocycles. The molecule has 0 amide bonds. The molecule has 118 valence electrons. The number of rotatable bonds is 3. The third-order valence-corrected chi connectivity index (χ3v) is 6.07. The Bertz CT molecular complexity index is 311. The fraction of sp³-hybridized carbons (Fsp3) is 1.00. The molecule has 1 saturated heterocycles. The summed E-state index contributed by atoms with van der Waals surface area (Å²) >= 11 is 0. The van der Waals surface area contributed by atoms with Gasteiger partial charge in [0.25, 0.3) is 0 Å². The van der Waals surface area contributed by atoms with Gasteiger partial charge in [0.15, 0.2) is 0 Å². The molecule has 2 aliphatic rings. The highest BCUT2D eigenvalue weighted by molar-refractivity contribution is 5.00. The second-order valence-electron chi connectivity index (χ2n) is 8.55. The summed E-state index contributed by atoms with van der Waals surface area (Å²) in [5.74, 6) is 1.76. The second-order valence-corrected chi connectivity index (χ2v) is 8.55. The lowest BCUT2D eigenvalue weighted by molar-refractivity contribution is 0.0109. The van der Waals surface area contributed by atoms with E-state index in [2.05, 4.69) is 32.6 Å². The highest BCUT2D eigenvalue weighted by atomic mass is 15.2. The first kappa shape index (κ1) is 16.3. The van der Waals surface area contributed by atoms with Crippen LogP contribution in [0.1, 0.15) is 72.6 Å². The zero-order valence-electron chi connectivity index (χ0n) is 14.3. The van der Waals surface area contributed by atoms with Gasteiger partial charge >= 0.3 is 0 Å². The average molecular weight is 280 g/mol. The van der Waals surface area contributed by atoms with Gasteiger partial charge in [-0.2, -0.15) is 0 Å². The van der Waals surface area contributed by atoms with E-state index in [1.54, 1.807) is 0 Å². The van der Waals surface area contributed by atoms with Gasteiger partial charge in [-0.05, 0) is 68.9 Å². The van der Waals surface area contributed by atoms with Crippen molar-refractivity contribution in [2.24, 2.45) is 23.0 Å². The molecule has 20 heavy (non-hydrogen) atoms. The van der Waals surface area contributed by atoms with Gasteiger partial charge in [-0.25, -0.2) is 0 Å². The van der Waals surface area contributed by atoms with Crippen molar-refractivity contribution in [2.45, 2.75) is 78.2 Å². The van der Waals surface area contributed by atoms with Crippen LogP contribution in [0.15, 0.2) is 0 Å². The number of nitrogens with two attached hydrogens (primary N) is 1. The van der Waals surface area contributed by atoms with Crippen LogP contribution in [0.2, 0.25) is 0 Å². The summed E-state index contributed by atoms with van der Waals surface area (Å²) in [6, 6.07) is 0. The Balaban J connectivity index is 2.07.